The normalized spacial score (nSPS) is 22.5. The van der Waals surface area contributed by atoms with E-state index in [1.165, 1.54) is 4.90 Å². The fourth-order valence-electron chi connectivity index (χ4n) is 4.29. The lowest BCUT2D eigenvalue weighted by Gasteiger charge is -2.46. The molecule has 2 aliphatic heterocycles. The average molecular weight is 346 g/mol. The predicted molar refractivity (Wildman–Crippen MR) is 96.4 cm³/mol. The maximum atomic E-state index is 12.9. The molecule has 1 N–H and O–H groups in total. The first kappa shape index (κ1) is 15.1. The quantitative estimate of drug-likeness (QED) is 0.731. The standard InChI is InChI=1S/C20H18N4O2/c1-23-11-17(25)24-16(20(23)26)9-14-13-6-2-3-7-15(13)22-18(14)19(24)12-5-4-8-21-10-12/h2-8,10,16,19,22H,9,11H2,1H3/t16-,19-/m0/s1. The Kier molecular flexibility index (Phi) is 3.16. The first-order valence-corrected chi connectivity index (χ1v) is 8.70. The Morgan fingerprint density at radius 2 is 2.00 bits per heavy atom. The summed E-state index contributed by atoms with van der Waals surface area (Å²) in [4.78, 5) is 36.8. The second-order valence-corrected chi connectivity index (χ2v) is 6.97. The molecule has 0 unspecified atom stereocenters. The van der Waals surface area contributed by atoms with Gasteiger partial charge in [0.25, 0.3) is 0 Å². The van der Waals surface area contributed by atoms with Gasteiger partial charge in [0.05, 0.1) is 12.6 Å². The molecule has 6 nitrogen and oxygen atoms in total. The van der Waals surface area contributed by atoms with Crippen molar-refractivity contribution in [1.82, 2.24) is 19.8 Å². The van der Waals surface area contributed by atoms with Crippen molar-refractivity contribution < 1.29 is 9.59 Å². The lowest BCUT2D eigenvalue weighted by molar-refractivity contribution is -0.157. The van der Waals surface area contributed by atoms with Gasteiger partial charge in [-0.1, -0.05) is 24.3 Å². The molecule has 2 atom stereocenters. The third-order valence-corrected chi connectivity index (χ3v) is 5.45. The van der Waals surface area contributed by atoms with Gasteiger partial charge in [0, 0.05) is 42.5 Å². The van der Waals surface area contributed by atoms with Crippen molar-refractivity contribution in [3.05, 3.63) is 65.6 Å². The van der Waals surface area contributed by atoms with E-state index in [9.17, 15) is 9.59 Å². The van der Waals surface area contributed by atoms with Gasteiger partial charge in [-0.25, -0.2) is 0 Å². The van der Waals surface area contributed by atoms with Gasteiger partial charge in [-0.05, 0) is 23.3 Å². The van der Waals surface area contributed by atoms with Crippen molar-refractivity contribution >= 4 is 22.7 Å². The molecule has 0 saturated carbocycles. The molecule has 0 bridgehead atoms. The fourth-order valence-corrected chi connectivity index (χ4v) is 4.29. The van der Waals surface area contributed by atoms with Gasteiger partial charge in [-0.2, -0.15) is 0 Å². The highest BCUT2D eigenvalue weighted by Gasteiger charge is 2.47. The zero-order valence-electron chi connectivity index (χ0n) is 14.3. The average Bonchev–Trinajstić information content (AvgIpc) is 3.03. The number of para-hydroxylation sites is 1. The Morgan fingerprint density at radius 3 is 2.81 bits per heavy atom. The molecular weight excluding hydrogens is 328 g/mol. The molecule has 6 heteroatoms. The van der Waals surface area contributed by atoms with Crippen molar-refractivity contribution in [3.63, 3.8) is 0 Å². The van der Waals surface area contributed by atoms with E-state index in [0.29, 0.717) is 6.42 Å². The Balaban J connectivity index is 1.77. The molecule has 2 aliphatic rings. The predicted octanol–water partition coefficient (Wildman–Crippen LogP) is 1.88. The molecule has 1 aromatic carbocycles. The minimum atomic E-state index is -0.474. The summed E-state index contributed by atoms with van der Waals surface area (Å²) in [6.07, 6.45) is 4.02. The summed E-state index contributed by atoms with van der Waals surface area (Å²) in [6.45, 7) is 0.113. The smallest absolute Gasteiger partial charge is 0.245 e. The van der Waals surface area contributed by atoms with Crippen LogP contribution in [0.5, 0.6) is 0 Å². The molecule has 0 radical (unpaired) electrons. The van der Waals surface area contributed by atoms with E-state index in [-0.39, 0.29) is 24.4 Å². The van der Waals surface area contributed by atoms with Crippen molar-refractivity contribution in [2.24, 2.45) is 0 Å². The van der Waals surface area contributed by atoms with E-state index in [4.69, 9.17) is 0 Å². The van der Waals surface area contributed by atoms with Gasteiger partial charge in [0.1, 0.15) is 6.04 Å². The van der Waals surface area contributed by atoms with Crippen LogP contribution in [-0.4, -0.2) is 51.2 Å². The number of pyridine rings is 1. The van der Waals surface area contributed by atoms with Crippen LogP contribution in [0.15, 0.2) is 48.8 Å². The van der Waals surface area contributed by atoms with Crippen LogP contribution in [0.25, 0.3) is 10.9 Å². The fraction of sp³-hybridized carbons (Fsp3) is 0.250. The van der Waals surface area contributed by atoms with Crippen molar-refractivity contribution in [2.75, 3.05) is 13.6 Å². The molecule has 4 heterocycles. The molecule has 130 valence electrons. The van der Waals surface area contributed by atoms with E-state index in [1.807, 2.05) is 30.3 Å². The third-order valence-electron chi connectivity index (χ3n) is 5.45. The first-order chi connectivity index (χ1) is 12.6. The number of aromatic amines is 1. The van der Waals surface area contributed by atoms with Gasteiger partial charge in [-0.3, -0.25) is 14.6 Å². The molecule has 2 aromatic heterocycles. The number of likely N-dealkylation sites (N-methyl/N-ethyl adjacent to an activating group) is 1. The Morgan fingerprint density at radius 1 is 1.15 bits per heavy atom. The van der Waals surface area contributed by atoms with E-state index in [0.717, 1.165) is 27.7 Å². The number of fused-ring (bicyclic) bond motifs is 4. The zero-order chi connectivity index (χ0) is 17.8. The molecule has 1 saturated heterocycles. The number of carbonyl (C=O) groups is 2. The molecule has 3 aromatic rings. The van der Waals surface area contributed by atoms with Gasteiger partial charge in [0.15, 0.2) is 0 Å². The second-order valence-electron chi connectivity index (χ2n) is 6.97. The summed E-state index contributed by atoms with van der Waals surface area (Å²) >= 11 is 0. The molecule has 0 aliphatic carbocycles. The number of piperazine rings is 1. The lowest BCUT2D eigenvalue weighted by Crippen LogP contribution is -2.62. The number of H-pyrrole nitrogens is 1. The zero-order valence-corrected chi connectivity index (χ0v) is 14.3. The number of aromatic nitrogens is 2. The monoisotopic (exact) mass is 346 g/mol. The van der Waals surface area contributed by atoms with Crippen LogP contribution in [0.1, 0.15) is 22.9 Å². The van der Waals surface area contributed by atoms with Gasteiger partial charge in [0.2, 0.25) is 11.8 Å². The van der Waals surface area contributed by atoms with Crippen LogP contribution in [-0.2, 0) is 16.0 Å². The third kappa shape index (κ3) is 2.02. The summed E-state index contributed by atoms with van der Waals surface area (Å²) in [5, 5.41) is 1.12. The number of amides is 2. The number of benzene rings is 1. The van der Waals surface area contributed by atoms with Crippen LogP contribution in [0, 0.1) is 0 Å². The summed E-state index contributed by atoms with van der Waals surface area (Å²) in [5.41, 5.74) is 4.04. The van der Waals surface area contributed by atoms with Crippen molar-refractivity contribution in [1.29, 1.82) is 0 Å². The van der Waals surface area contributed by atoms with Crippen LogP contribution in [0.3, 0.4) is 0 Å². The number of nitrogens with zero attached hydrogens (tertiary/aromatic N) is 3. The van der Waals surface area contributed by atoms with Crippen LogP contribution in [0.2, 0.25) is 0 Å². The summed E-state index contributed by atoms with van der Waals surface area (Å²) in [7, 11) is 1.70. The molecule has 0 spiro atoms. The molecule has 2 amide bonds. The van der Waals surface area contributed by atoms with E-state index < -0.39 is 6.04 Å². The summed E-state index contributed by atoms with van der Waals surface area (Å²) < 4.78 is 0. The number of nitrogens with one attached hydrogen (secondary N) is 1. The van der Waals surface area contributed by atoms with E-state index in [2.05, 4.69) is 16.0 Å². The minimum absolute atomic E-state index is 0.00517. The maximum absolute atomic E-state index is 12.9. The van der Waals surface area contributed by atoms with Crippen LogP contribution in [0.4, 0.5) is 0 Å². The molecular formula is C20H18N4O2. The van der Waals surface area contributed by atoms with Gasteiger partial charge in [-0.15, -0.1) is 0 Å². The number of rotatable bonds is 1. The highest BCUT2D eigenvalue weighted by molar-refractivity contribution is 5.97. The summed E-state index contributed by atoms with van der Waals surface area (Å²) in [6, 6.07) is 11.1. The lowest BCUT2D eigenvalue weighted by atomic mass is 9.87. The highest BCUT2D eigenvalue weighted by Crippen LogP contribution is 2.42. The SMILES string of the molecule is CN1CC(=O)N2[C@@H](c3cccnc3)c3[nH]c4ccccc4c3C[C@H]2C1=O. The first-order valence-electron chi connectivity index (χ1n) is 8.70. The van der Waals surface area contributed by atoms with Crippen LogP contribution < -0.4 is 0 Å². The van der Waals surface area contributed by atoms with E-state index >= 15 is 0 Å². The highest BCUT2D eigenvalue weighted by atomic mass is 16.2. The van der Waals surface area contributed by atoms with Gasteiger partial charge >= 0.3 is 0 Å². The number of hydrogen-bond donors (Lipinski definition) is 1. The Hall–Kier alpha value is -3.15. The molecule has 1 fully saturated rings. The molecule has 5 rings (SSSR count). The number of hydrogen-bond acceptors (Lipinski definition) is 3. The largest absolute Gasteiger partial charge is 0.356 e. The minimum Gasteiger partial charge on any atom is -0.356 e. The Bertz CT molecular complexity index is 1030. The number of carbonyl (C=O) groups excluding carboxylic acids is 2. The maximum Gasteiger partial charge on any atom is 0.245 e. The summed E-state index contributed by atoms with van der Waals surface area (Å²) in [5.74, 6) is -0.0373. The van der Waals surface area contributed by atoms with Crippen molar-refractivity contribution in [2.45, 2.75) is 18.5 Å². The van der Waals surface area contributed by atoms with Gasteiger partial charge < -0.3 is 14.8 Å². The second kappa shape index (κ2) is 5.42. The van der Waals surface area contributed by atoms with E-state index in [1.54, 1.807) is 24.3 Å². The van der Waals surface area contributed by atoms with Crippen LogP contribution >= 0.6 is 0 Å². The topological polar surface area (TPSA) is 69.3 Å². The van der Waals surface area contributed by atoms with Crippen molar-refractivity contribution in [3.8, 4) is 0 Å². The Labute approximate surface area is 150 Å². The molecule has 26 heavy (non-hydrogen) atoms.